The van der Waals surface area contributed by atoms with Crippen molar-refractivity contribution in [2.45, 2.75) is 0 Å². The second-order valence-electron chi connectivity index (χ2n) is 5.73. The Morgan fingerprint density at radius 1 is 1.16 bits per heavy atom. The third kappa shape index (κ3) is 3.25. The van der Waals surface area contributed by atoms with Crippen LogP contribution in [0.4, 0.5) is 11.6 Å². The van der Waals surface area contributed by atoms with E-state index < -0.39 is 0 Å². The summed E-state index contributed by atoms with van der Waals surface area (Å²) < 4.78 is 12.0. The average Bonchev–Trinajstić information content (AvgIpc) is 3.04. The molecule has 0 aliphatic carbocycles. The van der Waals surface area contributed by atoms with Crippen LogP contribution in [0.3, 0.4) is 0 Å². The Kier molecular flexibility index (Phi) is 4.18. The van der Waals surface area contributed by atoms with E-state index in [2.05, 4.69) is 11.8 Å². The first-order valence-corrected chi connectivity index (χ1v) is 8.84. The summed E-state index contributed by atoms with van der Waals surface area (Å²) in [5.41, 5.74) is 8.50. The number of hydrogen-bond donors (Lipinski definition) is 1. The minimum absolute atomic E-state index is 0.0373. The summed E-state index contributed by atoms with van der Waals surface area (Å²) in [6.45, 7) is 2.69. The number of nitrogen functional groups attached to an aromatic ring is 1. The summed E-state index contributed by atoms with van der Waals surface area (Å²) in [5.74, 6) is 6.75. The van der Waals surface area contributed by atoms with Crippen molar-refractivity contribution >= 4 is 33.2 Å². The van der Waals surface area contributed by atoms with E-state index >= 15 is 0 Å². The average molecular weight is 352 g/mol. The molecule has 4 rings (SSSR count). The first-order valence-electron chi connectivity index (χ1n) is 7.96. The van der Waals surface area contributed by atoms with Gasteiger partial charge in [0.1, 0.15) is 4.70 Å². The van der Waals surface area contributed by atoms with Gasteiger partial charge in [0.25, 0.3) is 0 Å². The van der Waals surface area contributed by atoms with Gasteiger partial charge in [0, 0.05) is 35.8 Å². The summed E-state index contributed by atoms with van der Waals surface area (Å²) in [6, 6.07) is 8.95. The third-order valence-electron chi connectivity index (χ3n) is 3.98. The molecule has 126 valence electrons. The van der Waals surface area contributed by atoms with Gasteiger partial charge in [-0.3, -0.25) is 4.79 Å². The Labute approximate surface area is 148 Å². The zero-order valence-corrected chi connectivity index (χ0v) is 14.3. The maximum Gasteiger partial charge on any atom is 0.204 e. The molecular formula is C19H16N2O3S. The molecule has 1 aromatic carbocycles. The molecule has 1 aliphatic heterocycles. The first kappa shape index (κ1) is 15.8. The van der Waals surface area contributed by atoms with Gasteiger partial charge in [-0.15, -0.1) is 11.3 Å². The molecule has 2 N–H and O–H groups in total. The highest BCUT2D eigenvalue weighted by Crippen LogP contribution is 2.27. The molecule has 3 aromatic rings. The predicted molar refractivity (Wildman–Crippen MR) is 100 cm³/mol. The zero-order valence-electron chi connectivity index (χ0n) is 13.5. The number of fused-ring (bicyclic) bond motifs is 1. The fourth-order valence-corrected chi connectivity index (χ4v) is 3.55. The molecule has 0 spiro atoms. The van der Waals surface area contributed by atoms with E-state index in [4.69, 9.17) is 14.9 Å². The lowest BCUT2D eigenvalue weighted by Gasteiger charge is -2.26. The third-order valence-corrected chi connectivity index (χ3v) is 4.96. The number of morpholine rings is 1. The van der Waals surface area contributed by atoms with Crippen molar-refractivity contribution in [1.82, 2.24) is 0 Å². The Morgan fingerprint density at radius 3 is 2.80 bits per heavy atom. The summed E-state index contributed by atoms with van der Waals surface area (Å²) in [6.07, 6.45) is 0. The molecular weight excluding hydrogens is 336 g/mol. The summed E-state index contributed by atoms with van der Waals surface area (Å²) in [5, 5.41) is 1.86. The Morgan fingerprint density at radius 2 is 2.00 bits per heavy atom. The summed E-state index contributed by atoms with van der Waals surface area (Å²) >= 11 is 1.36. The van der Waals surface area contributed by atoms with E-state index in [0.29, 0.717) is 48.2 Å². The van der Waals surface area contributed by atoms with Crippen LogP contribution in [-0.2, 0) is 4.74 Å². The van der Waals surface area contributed by atoms with E-state index in [1.807, 2.05) is 34.5 Å². The smallest absolute Gasteiger partial charge is 0.204 e. The topological polar surface area (TPSA) is 68.7 Å². The Hall–Kier alpha value is -2.75. The molecule has 0 bridgehead atoms. The van der Waals surface area contributed by atoms with Gasteiger partial charge >= 0.3 is 0 Å². The molecule has 25 heavy (non-hydrogen) atoms. The van der Waals surface area contributed by atoms with Crippen molar-refractivity contribution < 1.29 is 9.15 Å². The van der Waals surface area contributed by atoms with Crippen LogP contribution >= 0.6 is 11.3 Å². The van der Waals surface area contributed by atoms with Crippen LogP contribution in [0.25, 0.3) is 10.3 Å². The van der Waals surface area contributed by atoms with Crippen LogP contribution in [0.1, 0.15) is 11.1 Å². The fraction of sp³-hybridized carbons (Fsp3) is 0.211. The lowest BCUT2D eigenvalue weighted by molar-refractivity contribution is 0.121. The van der Waals surface area contributed by atoms with Crippen LogP contribution in [0.5, 0.6) is 0 Å². The number of ether oxygens (including phenoxy) is 1. The molecule has 0 saturated carbocycles. The van der Waals surface area contributed by atoms with Gasteiger partial charge in [0.2, 0.25) is 5.43 Å². The molecule has 2 aromatic heterocycles. The highest BCUT2D eigenvalue weighted by atomic mass is 32.1. The maximum absolute atomic E-state index is 12.4. The maximum atomic E-state index is 12.4. The van der Waals surface area contributed by atoms with Crippen molar-refractivity contribution in [3.8, 4) is 11.8 Å². The highest BCUT2D eigenvalue weighted by Gasteiger charge is 2.17. The quantitative estimate of drug-likeness (QED) is 0.539. The van der Waals surface area contributed by atoms with Crippen molar-refractivity contribution in [1.29, 1.82) is 0 Å². The van der Waals surface area contributed by atoms with Gasteiger partial charge < -0.3 is 19.8 Å². The minimum Gasteiger partial charge on any atom is -0.438 e. The van der Waals surface area contributed by atoms with Gasteiger partial charge in [-0.1, -0.05) is 17.9 Å². The van der Waals surface area contributed by atoms with E-state index in [1.54, 1.807) is 6.07 Å². The molecule has 0 radical (unpaired) electrons. The lowest BCUT2D eigenvalue weighted by atomic mass is 10.2. The second-order valence-corrected chi connectivity index (χ2v) is 6.61. The number of nitrogens with zero attached hydrogens (tertiary/aromatic N) is 1. The van der Waals surface area contributed by atoms with Crippen molar-refractivity contribution in [2.75, 3.05) is 36.9 Å². The number of benzene rings is 1. The summed E-state index contributed by atoms with van der Waals surface area (Å²) in [7, 11) is 0. The van der Waals surface area contributed by atoms with Gasteiger partial charge in [-0.2, -0.15) is 0 Å². The van der Waals surface area contributed by atoms with E-state index in [1.165, 1.54) is 11.3 Å². The standard InChI is InChI=1S/C19H16N2O3S/c20-15-3-1-2-13(10-15)4-5-14-12-25-19-16(22)11-17(24-18(14)19)21-6-8-23-9-7-21/h1-3,10-12H,6-9,20H2. The molecule has 1 aliphatic rings. The van der Waals surface area contributed by atoms with E-state index in [-0.39, 0.29) is 5.43 Å². The summed E-state index contributed by atoms with van der Waals surface area (Å²) in [4.78, 5) is 14.4. The highest BCUT2D eigenvalue weighted by molar-refractivity contribution is 7.17. The molecule has 5 nitrogen and oxygen atoms in total. The number of anilines is 2. The molecule has 1 fully saturated rings. The van der Waals surface area contributed by atoms with Crippen LogP contribution in [0.15, 0.2) is 44.9 Å². The fourth-order valence-electron chi connectivity index (χ4n) is 2.71. The van der Waals surface area contributed by atoms with Crippen LogP contribution in [0, 0.1) is 11.8 Å². The zero-order chi connectivity index (χ0) is 17.2. The Bertz CT molecular complexity index is 1040. The van der Waals surface area contributed by atoms with Gasteiger partial charge in [0.15, 0.2) is 11.5 Å². The van der Waals surface area contributed by atoms with E-state index in [9.17, 15) is 4.79 Å². The van der Waals surface area contributed by atoms with Gasteiger partial charge in [-0.25, -0.2) is 0 Å². The van der Waals surface area contributed by atoms with Crippen molar-refractivity contribution in [3.63, 3.8) is 0 Å². The number of hydrogen-bond acceptors (Lipinski definition) is 6. The molecule has 0 atom stereocenters. The molecule has 3 heterocycles. The van der Waals surface area contributed by atoms with Gasteiger partial charge in [0.05, 0.1) is 18.8 Å². The largest absolute Gasteiger partial charge is 0.438 e. The van der Waals surface area contributed by atoms with Crippen LogP contribution in [0.2, 0.25) is 0 Å². The minimum atomic E-state index is -0.0373. The van der Waals surface area contributed by atoms with Gasteiger partial charge in [-0.05, 0) is 18.2 Å². The molecule has 0 amide bonds. The predicted octanol–water partition coefficient (Wildman–Crippen LogP) is 2.67. The second kappa shape index (κ2) is 6.63. The number of nitrogens with two attached hydrogens (primary N) is 1. The molecule has 6 heteroatoms. The monoisotopic (exact) mass is 352 g/mol. The first-order chi connectivity index (χ1) is 12.2. The van der Waals surface area contributed by atoms with E-state index in [0.717, 1.165) is 11.1 Å². The number of rotatable bonds is 1. The van der Waals surface area contributed by atoms with Crippen molar-refractivity contribution in [2.24, 2.45) is 0 Å². The molecule has 1 saturated heterocycles. The number of thiophene rings is 1. The molecule has 0 unspecified atom stereocenters. The lowest BCUT2D eigenvalue weighted by Crippen LogP contribution is -2.36. The SMILES string of the molecule is Nc1cccc(C#Cc2csc3c(=O)cc(N4CCOCC4)oc23)c1. The van der Waals surface area contributed by atoms with Crippen LogP contribution < -0.4 is 16.1 Å². The van der Waals surface area contributed by atoms with Crippen LogP contribution in [-0.4, -0.2) is 26.3 Å². The Balaban J connectivity index is 1.75. The normalized spacial score (nSPS) is 14.3. The van der Waals surface area contributed by atoms with Crippen molar-refractivity contribution in [3.05, 3.63) is 57.1 Å².